The molecule has 0 aliphatic carbocycles. The first-order chi connectivity index (χ1) is 7.01. The Labute approximate surface area is 94.3 Å². The van der Waals surface area contributed by atoms with Gasteiger partial charge in [0.15, 0.2) is 0 Å². The molecule has 0 saturated heterocycles. The maximum absolute atomic E-state index is 3.93. The summed E-state index contributed by atoms with van der Waals surface area (Å²) in [7, 11) is 1.96. The van der Waals surface area contributed by atoms with Gasteiger partial charge in [-0.3, -0.25) is 0 Å². The van der Waals surface area contributed by atoms with Crippen LogP contribution in [-0.4, -0.2) is 13.6 Å². The van der Waals surface area contributed by atoms with Crippen LogP contribution in [0.4, 0.5) is 0 Å². The van der Waals surface area contributed by atoms with E-state index in [1.165, 1.54) is 22.3 Å². The summed E-state index contributed by atoms with van der Waals surface area (Å²) in [6.45, 7) is 15.0. The average molecular weight is 205 g/mol. The Bertz CT molecular complexity index is 292. The minimum atomic E-state index is 0.915. The molecule has 0 aromatic rings. The predicted octanol–water partition coefficient (Wildman–Crippen LogP) is 3.62. The first kappa shape index (κ1) is 13.9. The van der Waals surface area contributed by atoms with Crippen LogP contribution >= 0.6 is 0 Å². The van der Waals surface area contributed by atoms with Crippen molar-refractivity contribution < 1.29 is 0 Å². The van der Waals surface area contributed by atoms with Crippen molar-refractivity contribution in [2.45, 2.75) is 27.2 Å². The van der Waals surface area contributed by atoms with E-state index < -0.39 is 0 Å². The zero-order valence-electron chi connectivity index (χ0n) is 10.5. The Hall–Kier alpha value is -1.08. The second-order valence-electron chi connectivity index (χ2n) is 4.07. The van der Waals surface area contributed by atoms with E-state index in [-0.39, 0.29) is 0 Å². The summed E-state index contributed by atoms with van der Waals surface area (Å²) < 4.78 is 0. The summed E-state index contributed by atoms with van der Waals surface area (Å²) in [5.41, 5.74) is 5.04. The molecule has 0 rings (SSSR count). The third kappa shape index (κ3) is 6.08. The van der Waals surface area contributed by atoms with Gasteiger partial charge in [0.2, 0.25) is 0 Å². The van der Waals surface area contributed by atoms with Gasteiger partial charge in [0.25, 0.3) is 0 Å². The van der Waals surface area contributed by atoms with Crippen molar-refractivity contribution in [3.63, 3.8) is 0 Å². The van der Waals surface area contributed by atoms with Gasteiger partial charge in [-0.15, -0.1) is 0 Å². The van der Waals surface area contributed by atoms with Crippen molar-refractivity contribution in [2.75, 3.05) is 13.6 Å². The molecule has 0 amide bonds. The molecule has 0 atom stereocenters. The first-order valence-corrected chi connectivity index (χ1v) is 5.29. The quantitative estimate of drug-likeness (QED) is 0.516. The van der Waals surface area contributed by atoms with Crippen molar-refractivity contribution >= 4 is 0 Å². The molecule has 0 aliphatic rings. The van der Waals surface area contributed by atoms with Crippen LogP contribution in [0.2, 0.25) is 0 Å². The molecule has 0 radical (unpaired) electrons. The lowest BCUT2D eigenvalue weighted by molar-refractivity contribution is 0.878. The smallest absolute Gasteiger partial charge is 0.0162 e. The van der Waals surface area contributed by atoms with Crippen molar-refractivity contribution in [3.05, 3.63) is 47.6 Å². The van der Waals surface area contributed by atoms with Crippen molar-refractivity contribution in [1.29, 1.82) is 0 Å². The van der Waals surface area contributed by atoms with E-state index in [1.54, 1.807) is 0 Å². The molecule has 0 aromatic carbocycles. The number of likely N-dealkylation sites (N-methyl/N-ethyl adjacent to an activating group) is 1. The standard InChI is InChI=1S/C14H23N/c1-7-14(8-11(2)3)13(5)9-12(4)10-15-6/h7,9,15H,1-2,8,10H2,3-6H3/b12-9+,14-13+. The minimum Gasteiger partial charge on any atom is -0.316 e. The highest BCUT2D eigenvalue weighted by atomic mass is 14.8. The maximum Gasteiger partial charge on any atom is 0.0162 e. The number of rotatable bonds is 6. The van der Waals surface area contributed by atoms with Crippen LogP contribution in [-0.2, 0) is 0 Å². The van der Waals surface area contributed by atoms with Crippen molar-refractivity contribution in [1.82, 2.24) is 5.32 Å². The molecule has 84 valence electrons. The normalized spacial score (nSPS) is 13.5. The van der Waals surface area contributed by atoms with Crippen LogP contribution in [0.1, 0.15) is 27.2 Å². The lowest BCUT2D eigenvalue weighted by atomic mass is 10.0. The van der Waals surface area contributed by atoms with Crippen molar-refractivity contribution in [3.8, 4) is 0 Å². The second kappa shape index (κ2) is 7.24. The van der Waals surface area contributed by atoms with Gasteiger partial charge in [0.05, 0.1) is 0 Å². The molecule has 0 fully saturated rings. The molecule has 0 saturated carbocycles. The monoisotopic (exact) mass is 205 g/mol. The van der Waals surface area contributed by atoms with Gasteiger partial charge in [0, 0.05) is 6.54 Å². The van der Waals surface area contributed by atoms with Gasteiger partial charge in [-0.2, -0.15) is 0 Å². The zero-order valence-corrected chi connectivity index (χ0v) is 10.5. The fraction of sp³-hybridized carbons (Fsp3) is 0.429. The molecule has 0 aliphatic heterocycles. The highest BCUT2D eigenvalue weighted by molar-refractivity contribution is 5.35. The average Bonchev–Trinajstić information content (AvgIpc) is 2.13. The van der Waals surface area contributed by atoms with E-state index in [1.807, 2.05) is 20.0 Å². The van der Waals surface area contributed by atoms with E-state index in [9.17, 15) is 0 Å². The van der Waals surface area contributed by atoms with Crippen LogP contribution in [0.3, 0.4) is 0 Å². The molecule has 15 heavy (non-hydrogen) atoms. The zero-order chi connectivity index (χ0) is 11.8. The van der Waals surface area contributed by atoms with E-state index in [4.69, 9.17) is 0 Å². The predicted molar refractivity (Wildman–Crippen MR) is 70.0 cm³/mol. The Morgan fingerprint density at radius 2 is 1.87 bits per heavy atom. The molecule has 0 heterocycles. The minimum absolute atomic E-state index is 0.915. The fourth-order valence-corrected chi connectivity index (χ4v) is 1.49. The Morgan fingerprint density at radius 3 is 2.27 bits per heavy atom. The molecule has 0 bridgehead atoms. The molecule has 0 unspecified atom stereocenters. The topological polar surface area (TPSA) is 12.0 Å². The summed E-state index contributed by atoms with van der Waals surface area (Å²) in [6, 6.07) is 0. The number of hydrogen-bond acceptors (Lipinski definition) is 1. The third-order valence-corrected chi connectivity index (χ3v) is 2.16. The summed E-state index contributed by atoms with van der Waals surface area (Å²) in [5, 5.41) is 3.14. The fourth-order valence-electron chi connectivity index (χ4n) is 1.49. The Kier molecular flexibility index (Phi) is 6.72. The summed E-state index contributed by atoms with van der Waals surface area (Å²) >= 11 is 0. The van der Waals surface area contributed by atoms with Gasteiger partial charge in [-0.1, -0.05) is 36.5 Å². The van der Waals surface area contributed by atoms with Gasteiger partial charge in [0.1, 0.15) is 0 Å². The van der Waals surface area contributed by atoms with Gasteiger partial charge >= 0.3 is 0 Å². The van der Waals surface area contributed by atoms with Crippen LogP contribution in [0.15, 0.2) is 47.6 Å². The van der Waals surface area contributed by atoms with Crippen LogP contribution in [0.25, 0.3) is 0 Å². The third-order valence-electron chi connectivity index (χ3n) is 2.16. The molecule has 1 N–H and O–H groups in total. The van der Waals surface area contributed by atoms with Crippen LogP contribution < -0.4 is 5.32 Å². The van der Waals surface area contributed by atoms with E-state index in [0.29, 0.717) is 0 Å². The van der Waals surface area contributed by atoms with E-state index >= 15 is 0 Å². The van der Waals surface area contributed by atoms with E-state index in [0.717, 1.165) is 13.0 Å². The highest BCUT2D eigenvalue weighted by Crippen LogP contribution is 2.16. The largest absolute Gasteiger partial charge is 0.316 e. The Balaban J connectivity index is 4.78. The van der Waals surface area contributed by atoms with Crippen molar-refractivity contribution in [2.24, 2.45) is 0 Å². The second-order valence-corrected chi connectivity index (χ2v) is 4.07. The summed E-state index contributed by atoms with van der Waals surface area (Å²) in [5.74, 6) is 0. The number of allylic oxidation sites excluding steroid dienone is 5. The molecular formula is C14H23N. The lowest BCUT2D eigenvalue weighted by Gasteiger charge is -2.06. The van der Waals surface area contributed by atoms with Crippen LogP contribution in [0.5, 0.6) is 0 Å². The molecule has 0 spiro atoms. The van der Waals surface area contributed by atoms with Gasteiger partial charge in [-0.25, -0.2) is 0 Å². The summed E-state index contributed by atoms with van der Waals surface area (Å²) in [4.78, 5) is 0. The molecular weight excluding hydrogens is 182 g/mol. The first-order valence-electron chi connectivity index (χ1n) is 5.29. The Morgan fingerprint density at radius 1 is 1.27 bits per heavy atom. The molecule has 1 heteroatoms. The number of nitrogens with one attached hydrogen (secondary N) is 1. The van der Waals surface area contributed by atoms with Gasteiger partial charge < -0.3 is 5.32 Å². The highest BCUT2D eigenvalue weighted by Gasteiger charge is 1.98. The molecule has 1 nitrogen and oxygen atoms in total. The maximum atomic E-state index is 3.93. The van der Waals surface area contributed by atoms with E-state index in [2.05, 4.69) is 38.4 Å². The van der Waals surface area contributed by atoms with Crippen LogP contribution in [0, 0.1) is 0 Å². The molecule has 0 aromatic heterocycles. The van der Waals surface area contributed by atoms with Gasteiger partial charge in [-0.05, 0) is 45.4 Å². The number of hydrogen-bond donors (Lipinski definition) is 1. The summed E-state index contributed by atoms with van der Waals surface area (Å²) in [6.07, 6.45) is 5.04. The lowest BCUT2D eigenvalue weighted by Crippen LogP contribution is -2.08. The SMILES string of the molecule is C=C/C(CC(=C)C)=C(C)\C=C(/C)CNC.